The molecule has 0 amide bonds. The Morgan fingerprint density at radius 3 is 2.75 bits per heavy atom. The summed E-state index contributed by atoms with van der Waals surface area (Å²) < 4.78 is 5.30. The fourth-order valence-corrected chi connectivity index (χ4v) is 1.50. The van der Waals surface area contributed by atoms with Gasteiger partial charge in [0.15, 0.2) is 0 Å². The molecule has 0 bridgehead atoms. The fraction of sp³-hybridized carbons (Fsp3) is 0.417. The lowest BCUT2D eigenvalue weighted by molar-refractivity contribution is 0.154. The molecule has 3 N–H and O–H groups in total. The van der Waals surface area contributed by atoms with Gasteiger partial charge in [-0.25, -0.2) is 0 Å². The molecule has 4 nitrogen and oxygen atoms in total. The molecule has 4 heteroatoms. The number of likely N-dealkylation sites (N-methyl/N-ethyl adjacent to an activating group) is 1. The van der Waals surface area contributed by atoms with Crippen LogP contribution in [-0.2, 0) is 4.74 Å². The molecule has 0 unspecified atom stereocenters. The SMILES string of the molecule is CCOCCN(C)c1ccccc1C(=N)N. The van der Waals surface area contributed by atoms with Crippen LogP contribution in [0.15, 0.2) is 24.3 Å². The van der Waals surface area contributed by atoms with Gasteiger partial charge >= 0.3 is 0 Å². The summed E-state index contributed by atoms with van der Waals surface area (Å²) in [6, 6.07) is 7.65. The number of hydrogen-bond acceptors (Lipinski definition) is 3. The zero-order valence-corrected chi connectivity index (χ0v) is 9.86. The highest BCUT2D eigenvalue weighted by atomic mass is 16.5. The fourth-order valence-electron chi connectivity index (χ4n) is 1.50. The first-order valence-electron chi connectivity index (χ1n) is 5.39. The second-order valence-corrected chi connectivity index (χ2v) is 3.55. The number of nitrogen functional groups attached to an aromatic ring is 1. The number of hydrogen-bond donors (Lipinski definition) is 2. The van der Waals surface area contributed by atoms with Gasteiger partial charge in [0, 0.05) is 31.5 Å². The molecule has 0 aliphatic rings. The van der Waals surface area contributed by atoms with Gasteiger partial charge in [0.2, 0.25) is 0 Å². The predicted molar refractivity (Wildman–Crippen MR) is 67.2 cm³/mol. The van der Waals surface area contributed by atoms with Gasteiger partial charge in [-0.1, -0.05) is 12.1 Å². The molecule has 0 aromatic heterocycles. The summed E-state index contributed by atoms with van der Waals surface area (Å²) >= 11 is 0. The second kappa shape index (κ2) is 6.12. The maximum atomic E-state index is 7.50. The number of rotatable bonds is 6. The van der Waals surface area contributed by atoms with E-state index in [-0.39, 0.29) is 5.84 Å². The van der Waals surface area contributed by atoms with Crippen LogP contribution < -0.4 is 10.6 Å². The van der Waals surface area contributed by atoms with Crippen molar-refractivity contribution in [3.63, 3.8) is 0 Å². The number of nitrogens with two attached hydrogens (primary N) is 1. The number of nitrogens with one attached hydrogen (secondary N) is 1. The Labute approximate surface area is 96.5 Å². The third-order valence-corrected chi connectivity index (χ3v) is 2.38. The number of ether oxygens (including phenoxy) is 1. The zero-order valence-electron chi connectivity index (χ0n) is 9.86. The molecule has 1 aromatic carbocycles. The van der Waals surface area contributed by atoms with Crippen LogP contribution in [-0.4, -0.2) is 32.6 Å². The summed E-state index contributed by atoms with van der Waals surface area (Å²) in [5, 5.41) is 7.50. The first-order valence-corrected chi connectivity index (χ1v) is 5.39. The van der Waals surface area contributed by atoms with Crippen molar-refractivity contribution in [2.45, 2.75) is 6.92 Å². The molecule has 0 aliphatic carbocycles. The van der Waals surface area contributed by atoms with Crippen LogP contribution in [0.5, 0.6) is 0 Å². The molecular weight excluding hydrogens is 202 g/mol. The Balaban J connectivity index is 2.74. The van der Waals surface area contributed by atoms with E-state index in [4.69, 9.17) is 15.9 Å². The summed E-state index contributed by atoms with van der Waals surface area (Å²) in [6.07, 6.45) is 0. The number of amidine groups is 1. The Morgan fingerprint density at radius 1 is 1.44 bits per heavy atom. The third-order valence-electron chi connectivity index (χ3n) is 2.38. The highest BCUT2D eigenvalue weighted by Crippen LogP contribution is 2.18. The maximum absolute atomic E-state index is 7.50. The highest BCUT2D eigenvalue weighted by Gasteiger charge is 2.08. The van der Waals surface area contributed by atoms with E-state index in [1.54, 1.807) is 0 Å². The van der Waals surface area contributed by atoms with E-state index in [0.29, 0.717) is 6.61 Å². The van der Waals surface area contributed by atoms with Crippen LogP contribution in [0.4, 0.5) is 5.69 Å². The minimum atomic E-state index is 0.0962. The van der Waals surface area contributed by atoms with E-state index in [1.807, 2.05) is 43.1 Å². The summed E-state index contributed by atoms with van der Waals surface area (Å²) in [5.74, 6) is 0.0962. The lowest BCUT2D eigenvalue weighted by atomic mass is 10.1. The third kappa shape index (κ3) is 3.24. The number of benzene rings is 1. The molecular formula is C12H19N3O. The molecule has 0 heterocycles. The predicted octanol–water partition coefficient (Wildman–Crippen LogP) is 1.44. The van der Waals surface area contributed by atoms with Crippen molar-refractivity contribution in [2.75, 3.05) is 31.7 Å². The maximum Gasteiger partial charge on any atom is 0.124 e. The van der Waals surface area contributed by atoms with Gasteiger partial charge < -0.3 is 15.4 Å². The van der Waals surface area contributed by atoms with Crippen LogP contribution in [0.3, 0.4) is 0 Å². The van der Waals surface area contributed by atoms with Gasteiger partial charge in [0.1, 0.15) is 5.84 Å². The van der Waals surface area contributed by atoms with E-state index in [9.17, 15) is 0 Å². The number of nitrogens with zero attached hydrogens (tertiary/aromatic N) is 1. The Kier molecular flexibility index (Phi) is 4.79. The van der Waals surface area contributed by atoms with Crippen LogP contribution in [0.2, 0.25) is 0 Å². The Hall–Kier alpha value is -1.55. The minimum Gasteiger partial charge on any atom is -0.384 e. The summed E-state index contributed by atoms with van der Waals surface area (Å²) in [6.45, 7) is 4.17. The van der Waals surface area contributed by atoms with Crippen molar-refractivity contribution in [2.24, 2.45) is 5.73 Å². The summed E-state index contributed by atoms with van der Waals surface area (Å²) in [4.78, 5) is 2.05. The van der Waals surface area contributed by atoms with Crippen molar-refractivity contribution < 1.29 is 4.74 Å². The molecule has 0 saturated carbocycles. The van der Waals surface area contributed by atoms with Gasteiger partial charge in [-0.05, 0) is 19.1 Å². The van der Waals surface area contributed by atoms with Crippen LogP contribution >= 0.6 is 0 Å². The van der Waals surface area contributed by atoms with Crippen molar-refractivity contribution in [3.8, 4) is 0 Å². The Bertz CT molecular complexity index is 352. The van der Waals surface area contributed by atoms with Crippen molar-refractivity contribution in [1.82, 2.24) is 0 Å². The van der Waals surface area contributed by atoms with Crippen LogP contribution in [0.25, 0.3) is 0 Å². The van der Waals surface area contributed by atoms with Gasteiger partial charge in [-0.2, -0.15) is 0 Å². The smallest absolute Gasteiger partial charge is 0.124 e. The normalized spacial score (nSPS) is 10.1. The van der Waals surface area contributed by atoms with E-state index in [0.717, 1.165) is 24.4 Å². The lowest BCUT2D eigenvalue weighted by Crippen LogP contribution is -2.25. The largest absolute Gasteiger partial charge is 0.384 e. The lowest BCUT2D eigenvalue weighted by Gasteiger charge is -2.21. The number of para-hydroxylation sites is 1. The van der Waals surface area contributed by atoms with E-state index < -0.39 is 0 Å². The first-order chi connectivity index (χ1) is 7.66. The molecule has 0 fully saturated rings. The Morgan fingerprint density at radius 2 is 2.12 bits per heavy atom. The molecule has 0 atom stereocenters. The molecule has 0 aliphatic heterocycles. The molecule has 0 radical (unpaired) electrons. The quantitative estimate of drug-likeness (QED) is 0.434. The second-order valence-electron chi connectivity index (χ2n) is 3.55. The van der Waals surface area contributed by atoms with Gasteiger partial charge in [0.25, 0.3) is 0 Å². The monoisotopic (exact) mass is 221 g/mol. The van der Waals surface area contributed by atoms with Gasteiger partial charge in [0.05, 0.1) is 6.61 Å². The molecule has 1 aromatic rings. The molecule has 88 valence electrons. The standard InChI is InChI=1S/C12H19N3O/c1-3-16-9-8-15(2)11-7-5-4-6-10(11)12(13)14/h4-7H,3,8-9H2,1-2H3,(H3,13,14). The van der Waals surface area contributed by atoms with Crippen molar-refractivity contribution in [3.05, 3.63) is 29.8 Å². The van der Waals surface area contributed by atoms with Crippen LogP contribution in [0, 0.1) is 5.41 Å². The average Bonchev–Trinajstić information content (AvgIpc) is 2.29. The summed E-state index contributed by atoms with van der Waals surface area (Å²) in [5.41, 5.74) is 7.27. The van der Waals surface area contributed by atoms with Gasteiger partial charge in [-0.3, -0.25) is 5.41 Å². The molecule has 0 saturated heterocycles. The molecule has 16 heavy (non-hydrogen) atoms. The van der Waals surface area contributed by atoms with Gasteiger partial charge in [-0.15, -0.1) is 0 Å². The summed E-state index contributed by atoms with van der Waals surface area (Å²) in [7, 11) is 1.97. The van der Waals surface area contributed by atoms with Crippen LogP contribution in [0.1, 0.15) is 12.5 Å². The first kappa shape index (κ1) is 12.5. The van der Waals surface area contributed by atoms with Crippen molar-refractivity contribution in [1.29, 1.82) is 5.41 Å². The molecule has 1 rings (SSSR count). The highest BCUT2D eigenvalue weighted by molar-refractivity contribution is 6.00. The van der Waals surface area contributed by atoms with E-state index >= 15 is 0 Å². The van der Waals surface area contributed by atoms with E-state index in [2.05, 4.69) is 0 Å². The van der Waals surface area contributed by atoms with Crippen molar-refractivity contribution >= 4 is 11.5 Å². The topological polar surface area (TPSA) is 62.3 Å². The average molecular weight is 221 g/mol. The molecule has 0 spiro atoms. The number of anilines is 1. The van der Waals surface area contributed by atoms with E-state index in [1.165, 1.54) is 0 Å². The minimum absolute atomic E-state index is 0.0962. The zero-order chi connectivity index (χ0) is 12.0.